The van der Waals surface area contributed by atoms with Crippen molar-refractivity contribution in [2.24, 2.45) is 0 Å². The zero-order valence-electron chi connectivity index (χ0n) is 13.1. The molecule has 5 heteroatoms. The number of benzene rings is 2. The highest BCUT2D eigenvalue weighted by Gasteiger charge is 2.23. The maximum Gasteiger partial charge on any atom is 0.243 e. The Balaban J connectivity index is 2.05. The fraction of sp³-hybridized carbons (Fsp3) is 0.167. The third-order valence-corrected chi connectivity index (χ3v) is 5.73. The summed E-state index contributed by atoms with van der Waals surface area (Å²) in [7, 11) is -1.99. The molecule has 0 N–H and O–H groups in total. The number of sulfonamides is 1. The highest BCUT2D eigenvalue weighted by Crippen LogP contribution is 2.26. The topological polar surface area (TPSA) is 50.3 Å². The highest BCUT2D eigenvalue weighted by molar-refractivity contribution is 7.89. The number of pyridine rings is 1. The quantitative estimate of drug-likeness (QED) is 0.738. The van der Waals surface area contributed by atoms with Crippen molar-refractivity contribution in [3.05, 3.63) is 71.9 Å². The molecule has 2 aromatic carbocycles. The second-order valence-electron chi connectivity index (χ2n) is 5.53. The fourth-order valence-corrected chi connectivity index (χ4v) is 3.94. The van der Waals surface area contributed by atoms with E-state index in [1.165, 1.54) is 4.31 Å². The first-order valence-electron chi connectivity index (χ1n) is 7.35. The second kappa shape index (κ2) is 6.10. The lowest BCUT2D eigenvalue weighted by Crippen LogP contribution is -2.26. The molecule has 0 bridgehead atoms. The van der Waals surface area contributed by atoms with Crippen molar-refractivity contribution in [3.8, 4) is 0 Å². The van der Waals surface area contributed by atoms with Crippen LogP contribution in [0.5, 0.6) is 0 Å². The van der Waals surface area contributed by atoms with E-state index in [1.807, 2.05) is 37.3 Å². The van der Waals surface area contributed by atoms with Gasteiger partial charge in [-0.15, -0.1) is 0 Å². The van der Waals surface area contributed by atoms with Crippen molar-refractivity contribution in [1.29, 1.82) is 0 Å². The van der Waals surface area contributed by atoms with E-state index in [4.69, 9.17) is 0 Å². The van der Waals surface area contributed by atoms with Gasteiger partial charge >= 0.3 is 0 Å². The van der Waals surface area contributed by atoms with Crippen molar-refractivity contribution < 1.29 is 8.42 Å². The monoisotopic (exact) mass is 326 g/mol. The van der Waals surface area contributed by atoms with Gasteiger partial charge in [0.2, 0.25) is 10.0 Å². The van der Waals surface area contributed by atoms with Gasteiger partial charge in [0.15, 0.2) is 0 Å². The van der Waals surface area contributed by atoms with E-state index >= 15 is 0 Å². The predicted molar refractivity (Wildman–Crippen MR) is 91.6 cm³/mol. The van der Waals surface area contributed by atoms with Crippen molar-refractivity contribution in [2.75, 3.05) is 7.05 Å². The molecule has 0 aliphatic heterocycles. The molecule has 0 atom stereocenters. The van der Waals surface area contributed by atoms with Gasteiger partial charge in [-0.3, -0.25) is 4.98 Å². The number of fused-ring (bicyclic) bond motifs is 1. The van der Waals surface area contributed by atoms with Crippen molar-refractivity contribution >= 4 is 20.9 Å². The van der Waals surface area contributed by atoms with Gasteiger partial charge in [-0.25, -0.2) is 8.42 Å². The summed E-state index contributed by atoms with van der Waals surface area (Å²) in [6.07, 6.45) is 1.68. The molecule has 0 aliphatic carbocycles. The van der Waals surface area contributed by atoms with Gasteiger partial charge in [0.25, 0.3) is 0 Å². The lowest BCUT2D eigenvalue weighted by atomic mass is 10.1. The normalized spacial score (nSPS) is 12.0. The van der Waals surface area contributed by atoms with Gasteiger partial charge in [-0.2, -0.15) is 4.31 Å². The molecule has 0 aliphatic rings. The summed E-state index contributed by atoms with van der Waals surface area (Å²) >= 11 is 0. The average Bonchev–Trinajstić information content (AvgIpc) is 2.56. The Bertz CT molecular complexity index is 938. The molecular weight excluding hydrogens is 308 g/mol. The molecule has 0 amide bonds. The van der Waals surface area contributed by atoms with Crippen LogP contribution in [0.3, 0.4) is 0 Å². The largest absolute Gasteiger partial charge is 0.256 e. The van der Waals surface area contributed by atoms with Crippen LogP contribution in [0.2, 0.25) is 0 Å². The molecule has 0 saturated carbocycles. The summed E-state index contributed by atoms with van der Waals surface area (Å²) < 4.78 is 27.3. The van der Waals surface area contributed by atoms with Crippen LogP contribution >= 0.6 is 0 Å². The fourth-order valence-electron chi connectivity index (χ4n) is 2.61. The molecule has 1 heterocycles. The smallest absolute Gasteiger partial charge is 0.243 e. The number of hydrogen-bond acceptors (Lipinski definition) is 3. The van der Waals surface area contributed by atoms with E-state index < -0.39 is 10.0 Å². The van der Waals surface area contributed by atoms with Crippen LogP contribution in [-0.2, 0) is 16.6 Å². The minimum Gasteiger partial charge on any atom is -0.256 e. The number of aryl methyl sites for hydroxylation is 1. The van der Waals surface area contributed by atoms with Gasteiger partial charge in [-0.1, -0.05) is 36.4 Å². The third kappa shape index (κ3) is 2.98. The van der Waals surface area contributed by atoms with Gasteiger partial charge in [0.1, 0.15) is 0 Å². The summed E-state index contributed by atoms with van der Waals surface area (Å²) in [6.45, 7) is 2.26. The average molecular weight is 326 g/mol. The first-order valence-corrected chi connectivity index (χ1v) is 8.79. The third-order valence-electron chi connectivity index (χ3n) is 3.87. The zero-order chi connectivity index (χ0) is 16.4. The molecule has 0 spiro atoms. The van der Waals surface area contributed by atoms with Crippen LogP contribution in [0.4, 0.5) is 0 Å². The molecule has 0 unspecified atom stereocenters. The highest BCUT2D eigenvalue weighted by atomic mass is 32.2. The molecule has 4 nitrogen and oxygen atoms in total. The van der Waals surface area contributed by atoms with Gasteiger partial charge < -0.3 is 0 Å². The Morgan fingerprint density at radius 1 is 1.00 bits per heavy atom. The molecule has 0 fully saturated rings. The standard InChI is InChI=1S/C18H18N2O2S/c1-14-10-11-17(16-9-6-12-19-18(14)16)23(21,22)20(2)13-15-7-4-3-5-8-15/h3-12H,13H2,1-2H3. The van der Waals surface area contributed by atoms with Crippen LogP contribution in [0.1, 0.15) is 11.1 Å². The Morgan fingerprint density at radius 3 is 2.48 bits per heavy atom. The van der Waals surface area contributed by atoms with E-state index in [-0.39, 0.29) is 0 Å². The van der Waals surface area contributed by atoms with Crippen LogP contribution in [0.25, 0.3) is 10.9 Å². The summed E-state index contributed by atoms with van der Waals surface area (Å²) in [5.74, 6) is 0. The predicted octanol–water partition coefficient (Wildman–Crippen LogP) is 3.36. The van der Waals surface area contributed by atoms with Crippen LogP contribution in [0, 0.1) is 6.92 Å². The minimum atomic E-state index is -3.59. The zero-order valence-corrected chi connectivity index (χ0v) is 13.9. The number of rotatable bonds is 4. The lowest BCUT2D eigenvalue weighted by molar-refractivity contribution is 0.467. The van der Waals surface area contributed by atoms with Crippen LogP contribution in [-0.4, -0.2) is 24.8 Å². The molecule has 3 rings (SSSR count). The van der Waals surface area contributed by atoms with Crippen LogP contribution < -0.4 is 0 Å². The van der Waals surface area contributed by atoms with Crippen LogP contribution in [0.15, 0.2) is 65.7 Å². The van der Waals surface area contributed by atoms with E-state index in [0.29, 0.717) is 16.8 Å². The van der Waals surface area contributed by atoms with E-state index in [2.05, 4.69) is 4.98 Å². The number of aromatic nitrogens is 1. The SMILES string of the molecule is Cc1ccc(S(=O)(=O)N(C)Cc2ccccc2)c2cccnc12. The molecule has 0 saturated heterocycles. The summed E-state index contributed by atoms with van der Waals surface area (Å²) in [5.41, 5.74) is 2.64. The molecule has 3 aromatic rings. The van der Waals surface area contributed by atoms with Gasteiger partial charge in [-0.05, 0) is 36.2 Å². The minimum absolute atomic E-state index is 0.296. The summed E-state index contributed by atoms with van der Waals surface area (Å²) in [4.78, 5) is 4.61. The lowest BCUT2D eigenvalue weighted by Gasteiger charge is -2.19. The first kappa shape index (κ1) is 15.6. The Morgan fingerprint density at radius 2 is 1.74 bits per heavy atom. The van der Waals surface area contributed by atoms with Gasteiger partial charge in [0, 0.05) is 25.2 Å². The maximum absolute atomic E-state index is 13.0. The molecular formula is C18H18N2O2S. The van der Waals surface area contributed by atoms with Crippen molar-refractivity contribution in [1.82, 2.24) is 9.29 Å². The van der Waals surface area contributed by atoms with E-state index in [9.17, 15) is 8.42 Å². The summed E-state index contributed by atoms with van der Waals surface area (Å²) in [6, 6.07) is 16.6. The Labute approximate surface area is 136 Å². The first-order chi connectivity index (χ1) is 11.0. The molecule has 1 aromatic heterocycles. The van der Waals surface area contributed by atoms with E-state index in [1.54, 1.807) is 37.5 Å². The molecule has 23 heavy (non-hydrogen) atoms. The Kier molecular flexibility index (Phi) is 4.15. The maximum atomic E-state index is 13.0. The number of nitrogens with zero attached hydrogens (tertiary/aromatic N) is 2. The number of hydrogen-bond donors (Lipinski definition) is 0. The molecule has 118 valence electrons. The Hall–Kier alpha value is -2.24. The van der Waals surface area contributed by atoms with E-state index in [0.717, 1.165) is 16.6 Å². The molecule has 0 radical (unpaired) electrons. The van der Waals surface area contributed by atoms with Crippen molar-refractivity contribution in [2.45, 2.75) is 18.4 Å². The van der Waals surface area contributed by atoms with Crippen molar-refractivity contribution in [3.63, 3.8) is 0 Å². The summed E-state index contributed by atoms with van der Waals surface area (Å²) in [5, 5.41) is 0.660. The second-order valence-corrected chi connectivity index (χ2v) is 7.54. The van der Waals surface area contributed by atoms with Gasteiger partial charge in [0.05, 0.1) is 10.4 Å².